The van der Waals surface area contributed by atoms with Crippen molar-refractivity contribution >= 4 is 0 Å². The van der Waals surface area contributed by atoms with Gasteiger partial charge in [0.05, 0.1) is 0 Å². The van der Waals surface area contributed by atoms with Crippen LogP contribution in [0.2, 0.25) is 0 Å². The van der Waals surface area contributed by atoms with E-state index in [0.717, 1.165) is 35.3 Å². The Morgan fingerprint density at radius 2 is 1.90 bits per heavy atom. The third-order valence-electron chi connectivity index (χ3n) is 4.16. The van der Waals surface area contributed by atoms with Crippen molar-refractivity contribution in [2.45, 2.75) is 46.1 Å². The van der Waals surface area contributed by atoms with Crippen molar-refractivity contribution in [2.75, 3.05) is 0 Å². The Hall–Kier alpha value is -1.96. The standard InChI is InChI=1S/C19H22O2/c1-5-6-13-10-16(20)18-14-9-12(2)7-8-15(14)19(3,4)21-17(18)11-13/h7-11,20H,5-6H2,1-4H3/p+1. The summed E-state index contributed by atoms with van der Waals surface area (Å²) in [6.07, 6.45) is 2.07. The molecule has 0 bridgehead atoms. The topological polar surface area (TPSA) is 32.1 Å². The van der Waals surface area contributed by atoms with Gasteiger partial charge in [-0.3, -0.25) is 0 Å². The minimum absolute atomic E-state index is 0.354. The molecule has 0 saturated carbocycles. The summed E-state index contributed by atoms with van der Waals surface area (Å²) in [5.74, 6) is 1.42. The lowest BCUT2D eigenvalue weighted by atomic mass is 9.84. The van der Waals surface area contributed by atoms with E-state index in [4.69, 9.17) is 9.84 Å². The molecule has 2 aromatic carbocycles. The van der Waals surface area contributed by atoms with Gasteiger partial charge in [-0.2, -0.15) is 0 Å². The molecule has 110 valence electrons. The fraction of sp³-hybridized carbons (Fsp3) is 0.368. The number of ether oxygens (including phenoxy) is 1. The molecular weight excluding hydrogens is 260 g/mol. The number of hydrogen-bond acceptors (Lipinski definition) is 1. The first kappa shape index (κ1) is 14.0. The van der Waals surface area contributed by atoms with Crippen molar-refractivity contribution in [2.24, 2.45) is 0 Å². The molecule has 3 rings (SSSR count). The van der Waals surface area contributed by atoms with Crippen LogP contribution in [0.4, 0.5) is 0 Å². The second kappa shape index (κ2) is 4.80. The molecule has 0 aromatic heterocycles. The van der Waals surface area contributed by atoms with Crippen LogP contribution < -0.4 is 4.74 Å². The van der Waals surface area contributed by atoms with Crippen LogP contribution in [0.5, 0.6) is 11.5 Å². The van der Waals surface area contributed by atoms with Crippen molar-refractivity contribution in [3.8, 4) is 22.6 Å². The van der Waals surface area contributed by atoms with Crippen molar-refractivity contribution in [3.63, 3.8) is 0 Å². The quantitative estimate of drug-likeness (QED) is 0.736. The predicted octanol–water partition coefficient (Wildman–Crippen LogP) is 4.68. The average molecular weight is 283 g/mol. The maximum absolute atomic E-state index is 8.42. The summed E-state index contributed by atoms with van der Waals surface area (Å²) in [6.45, 7) is 8.45. The number of benzene rings is 2. The van der Waals surface area contributed by atoms with E-state index in [1.807, 2.05) is 6.07 Å². The second-order valence-corrected chi connectivity index (χ2v) is 6.43. The van der Waals surface area contributed by atoms with E-state index in [1.165, 1.54) is 11.1 Å². The summed E-state index contributed by atoms with van der Waals surface area (Å²) in [4.78, 5) is 0. The molecule has 21 heavy (non-hydrogen) atoms. The zero-order valence-corrected chi connectivity index (χ0v) is 13.2. The van der Waals surface area contributed by atoms with Crippen LogP contribution in [0.15, 0.2) is 30.3 Å². The summed E-state index contributed by atoms with van der Waals surface area (Å²) in [5, 5.41) is 8.42. The number of aryl methyl sites for hydroxylation is 2. The SMILES string of the molecule is CCCc1cc([OH2+])c2c(c1)OC(C)(C)c1ccc(C)cc1-2. The van der Waals surface area contributed by atoms with Crippen LogP contribution in [-0.2, 0) is 12.0 Å². The molecule has 0 fully saturated rings. The van der Waals surface area contributed by atoms with Gasteiger partial charge in [-0.1, -0.05) is 37.1 Å². The molecule has 0 amide bonds. The summed E-state index contributed by atoms with van der Waals surface area (Å²) in [6, 6.07) is 10.5. The van der Waals surface area contributed by atoms with Crippen LogP contribution in [0.25, 0.3) is 11.1 Å². The van der Waals surface area contributed by atoms with E-state index >= 15 is 0 Å². The molecule has 0 saturated heterocycles. The molecule has 2 heteroatoms. The van der Waals surface area contributed by atoms with Crippen LogP contribution in [0, 0.1) is 6.92 Å². The van der Waals surface area contributed by atoms with E-state index in [9.17, 15) is 0 Å². The lowest BCUT2D eigenvalue weighted by Gasteiger charge is -2.35. The summed E-state index contributed by atoms with van der Waals surface area (Å²) in [7, 11) is 0. The zero-order chi connectivity index (χ0) is 15.2. The molecule has 1 aliphatic heterocycles. The van der Waals surface area contributed by atoms with Gasteiger partial charge in [0.25, 0.3) is 5.75 Å². The fourth-order valence-electron chi connectivity index (χ4n) is 3.18. The van der Waals surface area contributed by atoms with Gasteiger partial charge in [0.15, 0.2) is 0 Å². The molecule has 2 N–H and O–H groups in total. The van der Waals surface area contributed by atoms with E-state index in [0.29, 0.717) is 5.75 Å². The Balaban J connectivity index is 2.26. The van der Waals surface area contributed by atoms with E-state index < -0.39 is 0 Å². The van der Waals surface area contributed by atoms with Crippen molar-refractivity contribution in [3.05, 3.63) is 47.0 Å². The van der Waals surface area contributed by atoms with Crippen LogP contribution in [0.1, 0.15) is 43.9 Å². The fourth-order valence-corrected chi connectivity index (χ4v) is 3.18. The molecule has 2 aromatic rings. The van der Waals surface area contributed by atoms with Gasteiger partial charge in [0.2, 0.25) is 0 Å². The minimum atomic E-state index is -0.354. The van der Waals surface area contributed by atoms with Gasteiger partial charge in [0, 0.05) is 17.2 Å². The highest BCUT2D eigenvalue weighted by Gasteiger charge is 2.35. The van der Waals surface area contributed by atoms with Crippen LogP contribution >= 0.6 is 0 Å². The smallest absolute Gasteiger partial charge is 0.265 e. The molecule has 1 aliphatic rings. The molecule has 0 aliphatic carbocycles. The highest BCUT2D eigenvalue weighted by Crippen LogP contribution is 2.49. The number of hydrogen-bond donors (Lipinski definition) is 0. The Morgan fingerprint density at radius 1 is 1.14 bits per heavy atom. The Bertz CT molecular complexity index is 699. The van der Waals surface area contributed by atoms with E-state index in [2.05, 4.69) is 52.0 Å². The molecule has 2 nitrogen and oxygen atoms in total. The highest BCUT2D eigenvalue weighted by atomic mass is 16.5. The molecule has 0 radical (unpaired) electrons. The average Bonchev–Trinajstić information content (AvgIpc) is 2.37. The van der Waals surface area contributed by atoms with Gasteiger partial charge < -0.3 is 9.84 Å². The Labute approximate surface area is 126 Å². The lowest BCUT2D eigenvalue weighted by molar-refractivity contribution is 0.105. The summed E-state index contributed by atoms with van der Waals surface area (Å²) < 4.78 is 6.23. The molecule has 1 heterocycles. The molecule has 0 atom stereocenters. The Morgan fingerprint density at radius 3 is 2.62 bits per heavy atom. The third kappa shape index (κ3) is 2.29. The first-order valence-corrected chi connectivity index (χ1v) is 7.61. The predicted molar refractivity (Wildman–Crippen MR) is 87.3 cm³/mol. The van der Waals surface area contributed by atoms with Gasteiger partial charge >= 0.3 is 0 Å². The lowest BCUT2D eigenvalue weighted by Crippen LogP contribution is -2.29. The monoisotopic (exact) mass is 283 g/mol. The number of fused-ring (bicyclic) bond motifs is 3. The largest absolute Gasteiger partial charge is 0.593 e. The first-order valence-electron chi connectivity index (χ1n) is 7.61. The summed E-state index contributed by atoms with van der Waals surface area (Å²) >= 11 is 0. The van der Waals surface area contributed by atoms with Crippen LogP contribution in [-0.4, -0.2) is 5.11 Å². The third-order valence-corrected chi connectivity index (χ3v) is 4.16. The van der Waals surface area contributed by atoms with Crippen molar-refractivity contribution < 1.29 is 9.84 Å². The van der Waals surface area contributed by atoms with Gasteiger partial charge in [-0.05, 0) is 38.8 Å². The molecule has 0 spiro atoms. The van der Waals surface area contributed by atoms with Gasteiger partial charge in [0.1, 0.15) is 16.9 Å². The zero-order valence-electron chi connectivity index (χ0n) is 13.2. The number of rotatable bonds is 2. The molecule has 0 unspecified atom stereocenters. The van der Waals surface area contributed by atoms with E-state index in [-0.39, 0.29) is 5.60 Å². The van der Waals surface area contributed by atoms with Crippen LogP contribution in [0.3, 0.4) is 0 Å². The first-order chi connectivity index (χ1) is 9.92. The maximum atomic E-state index is 8.42. The maximum Gasteiger partial charge on any atom is 0.265 e. The normalized spacial score (nSPS) is 15.0. The van der Waals surface area contributed by atoms with Gasteiger partial charge in [-0.15, -0.1) is 0 Å². The minimum Gasteiger partial charge on any atom is -0.593 e. The van der Waals surface area contributed by atoms with Crippen molar-refractivity contribution in [1.29, 1.82) is 0 Å². The van der Waals surface area contributed by atoms with Gasteiger partial charge in [-0.25, -0.2) is 0 Å². The summed E-state index contributed by atoms with van der Waals surface area (Å²) in [5.41, 5.74) is 5.30. The molecular formula is C19H23O2+. The van der Waals surface area contributed by atoms with Crippen molar-refractivity contribution in [1.82, 2.24) is 0 Å². The second-order valence-electron chi connectivity index (χ2n) is 6.43. The van der Waals surface area contributed by atoms with E-state index in [1.54, 1.807) is 0 Å². The highest BCUT2D eigenvalue weighted by molar-refractivity contribution is 5.82. The Kier molecular flexibility index (Phi) is 3.20.